The van der Waals surface area contributed by atoms with E-state index in [9.17, 15) is 18.0 Å². The molecule has 0 aliphatic rings. The number of rotatable bonds is 2. The van der Waals surface area contributed by atoms with E-state index in [0.717, 1.165) is 0 Å². The normalized spacial score (nSPS) is 10.3. The number of carbonyl (C=O) groups excluding carboxylic acids is 1. The largest absolute Gasteiger partial charge is 0.405 e. The molecule has 7 heteroatoms. The molecule has 0 heterocycles. The Morgan fingerprint density at radius 1 is 1.32 bits per heavy atom. The first kappa shape index (κ1) is 14.9. The van der Waals surface area contributed by atoms with E-state index in [2.05, 4.69) is 17.2 Å². The highest BCUT2D eigenvalue weighted by Crippen LogP contribution is 2.14. The van der Waals surface area contributed by atoms with Crippen LogP contribution in [0, 0.1) is 11.8 Å². The van der Waals surface area contributed by atoms with Crippen LogP contribution < -0.4 is 16.4 Å². The number of amides is 2. The predicted octanol–water partition coefficient (Wildman–Crippen LogP) is 1.68. The molecule has 0 aromatic heterocycles. The molecule has 0 saturated heterocycles. The molecule has 0 atom stereocenters. The molecule has 0 saturated carbocycles. The lowest BCUT2D eigenvalue weighted by Gasteiger charge is -2.10. The molecular formula is C12H12F3N3O. The van der Waals surface area contributed by atoms with Gasteiger partial charge in [-0.1, -0.05) is 24.0 Å². The molecule has 0 aliphatic heterocycles. The zero-order valence-electron chi connectivity index (χ0n) is 9.84. The molecule has 2 amide bonds. The summed E-state index contributed by atoms with van der Waals surface area (Å²) in [4.78, 5) is 11.3. The van der Waals surface area contributed by atoms with Crippen molar-refractivity contribution in [3.8, 4) is 11.8 Å². The average molecular weight is 271 g/mol. The average Bonchev–Trinajstić information content (AvgIpc) is 2.34. The smallest absolute Gasteiger partial charge is 0.329 e. The first-order valence-corrected chi connectivity index (χ1v) is 5.32. The number of carbonyl (C=O) groups is 1. The third-order valence-electron chi connectivity index (χ3n) is 1.95. The van der Waals surface area contributed by atoms with Gasteiger partial charge >= 0.3 is 12.2 Å². The minimum atomic E-state index is -4.45. The quantitative estimate of drug-likeness (QED) is 0.716. The minimum Gasteiger partial charge on any atom is -0.329 e. The van der Waals surface area contributed by atoms with E-state index in [1.807, 2.05) is 0 Å². The molecule has 0 bridgehead atoms. The number of benzene rings is 1. The van der Waals surface area contributed by atoms with Gasteiger partial charge in [-0.05, 0) is 12.1 Å². The zero-order chi connectivity index (χ0) is 14.3. The molecule has 0 spiro atoms. The summed E-state index contributed by atoms with van der Waals surface area (Å²) in [5.74, 6) is 5.31. The fourth-order valence-electron chi connectivity index (χ4n) is 1.19. The van der Waals surface area contributed by atoms with Gasteiger partial charge < -0.3 is 16.4 Å². The van der Waals surface area contributed by atoms with Gasteiger partial charge in [-0.15, -0.1) is 0 Å². The Hall–Kier alpha value is -2.20. The van der Waals surface area contributed by atoms with E-state index in [-0.39, 0.29) is 6.54 Å². The third-order valence-corrected chi connectivity index (χ3v) is 1.95. The van der Waals surface area contributed by atoms with Gasteiger partial charge in [-0.2, -0.15) is 13.2 Å². The second-order valence-electron chi connectivity index (χ2n) is 3.47. The Morgan fingerprint density at radius 2 is 2.00 bits per heavy atom. The van der Waals surface area contributed by atoms with Crippen LogP contribution >= 0.6 is 0 Å². The van der Waals surface area contributed by atoms with E-state index in [4.69, 9.17) is 5.73 Å². The molecule has 0 unspecified atom stereocenters. The van der Waals surface area contributed by atoms with Crippen LogP contribution in [-0.2, 0) is 0 Å². The summed E-state index contributed by atoms with van der Waals surface area (Å²) >= 11 is 0. The van der Waals surface area contributed by atoms with Crippen molar-refractivity contribution in [1.29, 1.82) is 0 Å². The summed E-state index contributed by atoms with van der Waals surface area (Å²) in [6.45, 7) is -1.25. The Labute approximate surface area is 108 Å². The molecular weight excluding hydrogens is 259 g/mol. The summed E-state index contributed by atoms with van der Waals surface area (Å²) in [7, 11) is 0. The van der Waals surface area contributed by atoms with Crippen molar-refractivity contribution in [3.63, 3.8) is 0 Å². The van der Waals surface area contributed by atoms with Crippen molar-refractivity contribution in [2.45, 2.75) is 6.18 Å². The van der Waals surface area contributed by atoms with Crippen molar-refractivity contribution in [2.75, 3.05) is 18.4 Å². The molecule has 19 heavy (non-hydrogen) atoms. The maximum atomic E-state index is 11.9. The van der Waals surface area contributed by atoms with E-state index in [1.165, 1.54) is 6.07 Å². The number of hydrogen-bond donors (Lipinski definition) is 3. The fraction of sp³-hybridized carbons (Fsp3) is 0.250. The van der Waals surface area contributed by atoms with Gasteiger partial charge in [0.05, 0.1) is 12.2 Å². The molecule has 1 aromatic carbocycles. The van der Waals surface area contributed by atoms with Crippen LogP contribution in [0.25, 0.3) is 0 Å². The first-order chi connectivity index (χ1) is 8.92. The third kappa shape index (κ3) is 5.79. The maximum absolute atomic E-state index is 11.9. The van der Waals surface area contributed by atoms with Crippen LogP contribution in [0.1, 0.15) is 5.56 Å². The zero-order valence-corrected chi connectivity index (χ0v) is 9.84. The van der Waals surface area contributed by atoms with E-state index < -0.39 is 18.8 Å². The van der Waals surface area contributed by atoms with Crippen molar-refractivity contribution in [3.05, 3.63) is 29.8 Å². The molecule has 0 fully saturated rings. The van der Waals surface area contributed by atoms with Crippen molar-refractivity contribution in [1.82, 2.24) is 5.32 Å². The number of anilines is 1. The Morgan fingerprint density at radius 3 is 2.63 bits per heavy atom. The van der Waals surface area contributed by atoms with Gasteiger partial charge in [0.2, 0.25) is 0 Å². The number of urea groups is 1. The molecule has 1 aromatic rings. The molecule has 0 radical (unpaired) electrons. The van der Waals surface area contributed by atoms with Crippen LogP contribution in [0.5, 0.6) is 0 Å². The van der Waals surface area contributed by atoms with Crippen LogP contribution in [0.2, 0.25) is 0 Å². The lowest BCUT2D eigenvalue weighted by atomic mass is 10.2. The summed E-state index contributed by atoms with van der Waals surface area (Å²) in [6, 6.07) is 5.54. The summed E-state index contributed by atoms with van der Waals surface area (Å²) in [5.41, 5.74) is 6.03. The van der Waals surface area contributed by atoms with E-state index in [1.54, 1.807) is 23.5 Å². The highest BCUT2D eigenvalue weighted by molar-refractivity contribution is 5.90. The standard InChI is InChI=1S/C12H12F3N3O/c13-12(14,15)8-17-11(19)18-10-6-2-1-4-9(10)5-3-7-16/h1-2,4,6H,7-8,16H2,(H2,17,18,19). The van der Waals surface area contributed by atoms with Gasteiger partial charge in [0.15, 0.2) is 0 Å². The lowest BCUT2D eigenvalue weighted by molar-refractivity contribution is -0.122. The molecule has 0 aliphatic carbocycles. The summed E-state index contributed by atoms with van der Waals surface area (Å²) in [5, 5.41) is 4.01. The van der Waals surface area contributed by atoms with Gasteiger partial charge in [0.25, 0.3) is 0 Å². The van der Waals surface area contributed by atoms with Gasteiger partial charge in [0.1, 0.15) is 6.54 Å². The monoisotopic (exact) mass is 271 g/mol. The van der Waals surface area contributed by atoms with Gasteiger partial charge in [-0.3, -0.25) is 0 Å². The Bertz CT molecular complexity index is 503. The lowest BCUT2D eigenvalue weighted by Crippen LogP contribution is -2.36. The number of halogens is 3. The number of alkyl halides is 3. The van der Waals surface area contributed by atoms with Gasteiger partial charge in [0, 0.05) is 5.56 Å². The van der Waals surface area contributed by atoms with E-state index in [0.29, 0.717) is 11.3 Å². The van der Waals surface area contributed by atoms with Crippen LogP contribution in [-0.4, -0.2) is 25.3 Å². The Balaban J connectivity index is 2.69. The molecule has 102 valence electrons. The highest BCUT2D eigenvalue weighted by atomic mass is 19.4. The summed E-state index contributed by atoms with van der Waals surface area (Å²) in [6.07, 6.45) is -4.45. The number of para-hydroxylation sites is 1. The maximum Gasteiger partial charge on any atom is 0.405 e. The number of nitrogens with two attached hydrogens (primary N) is 1. The highest BCUT2D eigenvalue weighted by Gasteiger charge is 2.27. The number of nitrogens with one attached hydrogen (secondary N) is 2. The van der Waals surface area contributed by atoms with Crippen LogP contribution in [0.3, 0.4) is 0 Å². The fourth-order valence-corrected chi connectivity index (χ4v) is 1.19. The van der Waals surface area contributed by atoms with Crippen molar-refractivity contribution in [2.24, 2.45) is 5.73 Å². The SMILES string of the molecule is NCC#Cc1ccccc1NC(=O)NCC(F)(F)F. The topological polar surface area (TPSA) is 67.1 Å². The molecule has 4 N–H and O–H groups in total. The second-order valence-corrected chi connectivity index (χ2v) is 3.47. The predicted molar refractivity (Wildman–Crippen MR) is 65.5 cm³/mol. The Kier molecular flexibility index (Phi) is 5.21. The number of hydrogen-bond acceptors (Lipinski definition) is 2. The van der Waals surface area contributed by atoms with Crippen LogP contribution in [0.15, 0.2) is 24.3 Å². The molecule has 1 rings (SSSR count). The first-order valence-electron chi connectivity index (χ1n) is 5.32. The van der Waals surface area contributed by atoms with E-state index >= 15 is 0 Å². The van der Waals surface area contributed by atoms with Gasteiger partial charge in [-0.25, -0.2) is 4.79 Å². The van der Waals surface area contributed by atoms with Crippen molar-refractivity contribution < 1.29 is 18.0 Å². The second kappa shape index (κ2) is 6.66. The molecule has 4 nitrogen and oxygen atoms in total. The minimum absolute atomic E-state index is 0.147. The van der Waals surface area contributed by atoms with Crippen molar-refractivity contribution >= 4 is 11.7 Å². The summed E-state index contributed by atoms with van der Waals surface area (Å²) < 4.78 is 35.8. The van der Waals surface area contributed by atoms with Crippen LogP contribution in [0.4, 0.5) is 23.7 Å².